The molecule has 0 radical (unpaired) electrons. The van der Waals surface area contributed by atoms with E-state index in [-0.39, 0.29) is 12.1 Å². The molecule has 0 amide bonds. The van der Waals surface area contributed by atoms with Crippen molar-refractivity contribution in [2.75, 3.05) is 30.3 Å². The fourth-order valence-electron chi connectivity index (χ4n) is 4.24. The van der Waals surface area contributed by atoms with Crippen molar-refractivity contribution in [2.45, 2.75) is 58.7 Å². The van der Waals surface area contributed by atoms with Gasteiger partial charge < -0.3 is 20.3 Å². The quantitative estimate of drug-likeness (QED) is 0.419. The monoisotopic (exact) mass is 466 g/mol. The average molecular weight is 467 g/mol. The zero-order chi connectivity index (χ0) is 23.4. The molecular formula is C25H34N6OS. The summed E-state index contributed by atoms with van der Waals surface area (Å²) < 4.78 is 2.54. The SMILES string of the molecule is CC(C)(C)Nc1nc(Nc2cc(CN3CCCCC3)ccn2)cc2ccn(CCO)c(=S)c12. The van der Waals surface area contributed by atoms with Crippen molar-refractivity contribution >= 4 is 40.4 Å². The van der Waals surface area contributed by atoms with Gasteiger partial charge in [-0.25, -0.2) is 9.97 Å². The maximum atomic E-state index is 9.39. The maximum absolute atomic E-state index is 9.39. The number of hydrogen-bond donors (Lipinski definition) is 3. The lowest BCUT2D eigenvalue weighted by molar-refractivity contribution is 0.221. The van der Waals surface area contributed by atoms with Crippen molar-refractivity contribution < 1.29 is 5.11 Å². The minimum absolute atomic E-state index is 0.0361. The lowest BCUT2D eigenvalue weighted by Gasteiger charge is -2.26. The van der Waals surface area contributed by atoms with Crippen LogP contribution in [0.2, 0.25) is 0 Å². The molecule has 8 heteroatoms. The fraction of sp³-hybridized carbons (Fsp3) is 0.480. The van der Waals surface area contributed by atoms with Gasteiger partial charge in [0.25, 0.3) is 0 Å². The van der Waals surface area contributed by atoms with Crippen LogP contribution in [-0.2, 0) is 13.1 Å². The van der Waals surface area contributed by atoms with Crippen LogP contribution in [-0.4, -0.2) is 49.8 Å². The predicted molar refractivity (Wildman–Crippen MR) is 138 cm³/mol. The Bertz CT molecular complexity index is 1160. The molecule has 0 aliphatic carbocycles. The smallest absolute Gasteiger partial charge is 0.139 e. The van der Waals surface area contributed by atoms with E-state index in [1.165, 1.54) is 37.9 Å². The number of hydrogen-bond acceptors (Lipinski definition) is 7. The fourth-order valence-corrected chi connectivity index (χ4v) is 4.61. The zero-order valence-corrected chi connectivity index (χ0v) is 20.6. The van der Waals surface area contributed by atoms with Gasteiger partial charge >= 0.3 is 0 Å². The van der Waals surface area contributed by atoms with Crippen molar-refractivity contribution in [1.29, 1.82) is 0 Å². The highest BCUT2D eigenvalue weighted by Crippen LogP contribution is 2.29. The number of nitrogens with one attached hydrogen (secondary N) is 2. The Kier molecular flexibility index (Phi) is 7.26. The minimum atomic E-state index is -0.190. The first-order chi connectivity index (χ1) is 15.8. The largest absolute Gasteiger partial charge is 0.395 e. The molecule has 0 saturated carbocycles. The van der Waals surface area contributed by atoms with E-state index in [4.69, 9.17) is 17.2 Å². The molecule has 4 heterocycles. The van der Waals surface area contributed by atoms with Gasteiger partial charge in [0.1, 0.15) is 22.1 Å². The topological polar surface area (TPSA) is 78.2 Å². The summed E-state index contributed by atoms with van der Waals surface area (Å²) in [5.41, 5.74) is 1.06. The first-order valence-electron chi connectivity index (χ1n) is 11.7. The molecule has 0 bridgehead atoms. The molecule has 1 aliphatic heterocycles. The number of aromatic nitrogens is 3. The molecule has 0 aromatic carbocycles. The molecule has 4 rings (SSSR count). The lowest BCUT2D eigenvalue weighted by atomic mass is 10.1. The molecule has 1 saturated heterocycles. The molecule has 1 fully saturated rings. The first kappa shape index (κ1) is 23.6. The minimum Gasteiger partial charge on any atom is -0.395 e. The van der Waals surface area contributed by atoms with Crippen LogP contribution < -0.4 is 10.6 Å². The first-order valence-corrected chi connectivity index (χ1v) is 12.1. The van der Waals surface area contributed by atoms with Gasteiger partial charge in [-0.3, -0.25) is 4.90 Å². The molecular weight excluding hydrogens is 432 g/mol. The van der Waals surface area contributed by atoms with Crippen molar-refractivity contribution in [3.05, 3.63) is 46.9 Å². The number of nitrogens with zero attached hydrogens (tertiary/aromatic N) is 4. The summed E-state index contributed by atoms with van der Waals surface area (Å²) in [5.74, 6) is 2.22. The van der Waals surface area contributed by atoms with Gasteiger partial charge in [0.05, 0.1) is 12.0 Å². The van der Waals surface area contributed by atoms with E-state index >= 15 is 0 Å². The molecule has 7 nitrogen and oxygen atoms in total. The van der Waals surface area contributed by atoms with Crippen molar-refractivity contribution in [3.8, 4) is 0 Å². The summed E-state index contributed by atoms with van der Waals surface area (Å²) in [6.45, 7) is 10.1. The van der Waals surface area contributed by atoms with Crippen molar-refractivity contribution in [1.82, 2.24) is 19.4 Å². The van der Waals surface area contributed by atoms with Crippen LogP contribution in [0.4, 0.5) is 17.5 Å². The number of piperidine rings is 1. The third-order valence-electron chi connectivity index (χ3n) is 5.73. The second kappa shape index (κ2) is 10.2. The van der Waals surface area contributed by atoms with Gasteiger partial charge in [-0.05, 0) is 81.9 Å². The van der Waals surface area contributed by atoms with E-state index in [0.717, 1.165) is 29.0 Å². The Morgan fingerprint density at radius 2 is 1.88 bits per heavy atom. The van der Waals surface area contributed by atoms with E-state index in [1.54, 1.807) is 0 Å². The molecule has 0 unspecified atom stereocenters. The number of pyridine rings is 3. The summed E-state index contributed by atoms with van der Waals surface area (Å²) in [7, 11) is 0. The van der Waals surface area contributed by atoms with Gasteiger partial charge in [-0.1, -0.05) is 18.6 Å². The third-order valence-corrected chi connectivity index (χ3v) is 6.17. The van der Waals surface area contributed by atoms with Crippen LogP contribution in [0.15, 0.2) is 36.7 Å². The Labute approximate surface area is 200 Å². The second-order valence-electron chi connectivity index (χ2n) is 9.74. The third kappa shape index (κ3) is 6.07. The zero-order valence-electron chi connectivity index (χ0n) is 19.8. The Morgan fingerprint density at radius 1 is 1.09 bits per heavy atom. The molecule has 33 heavy (non-hydrogen) atoms. The highest BCUT2D eigenvalue weighted by atomic mass is 32.1. The molecule has 1 aliphatic rings. The summed E-state index contributed by atoms with van der Waals surface area (Å²) >= 11 is 5.74. The maximum Gasteiger partial charge on any atom is 0.139 e. The molecule has 3 aromatic heterocycles. The molecule has 3 aromatic rings. The number of aliphatic hydroxyl groups is 1. The average Bonchev–Trinajstić information content (AvgIpc) is 2.75. The van der Waals surface area contributed by atoms with Crippen molar-refractivity contribution in [2.24, 2.45) is 0 Å². The summed E-state index contributed by atoms with van der Waals surface area (Å²) in [4.78, 5) is 11.9. The van der Waals surface area contributed by atoms with E-state index in [2.05, 4.69) is 53.4 Å². The van der Waals surface area contributed by atoms with Gasteiger partial charge in [-0.2, -0.15) is 0 Å². The highest BCUT2D eigenvalue weighted by molar-refractivity contribution is 7.71. The molecule has 176 valence electrons. The number of aliphatic hydroxyl groups excluding tert-OH is 1. The van der Waals surface area contributed by atoms with Crippen LogP contribution in [0.5, 0.6) is 0 Å². The summed E-state index contributed by atoms with van der Waals surface area (Å²) in [6.07, 6.45) is 7.68. The summed E-state index contributed by atoms with van der Waals surface area (Å²) in [5, 5.41) is 18.2. The highest BCUT2D eigenvalue weighted by Gasteiger charge is 2.17. The normalized spacial score (nSPS) is 15.0. The Balaban J connectivity index is 1.66. The molecule has 0 atom stereocenters. The number of anilines is 3. The second-order valence-corrected chi connectivity index (χ2v) is 10.1. The van der Waals surface area contributed by atoms with Crippen molar-refractivity contribution in [3.63, 3.8) is 0 Å². The lowest BCUT2D eigenvalue weighted by Crippen LogP contribution is -2.29. The molecule has 0 spiro atoms. The van der Waals surface area contributed by atoms with Crippen LogP contribution in [0.3, 0.4) is 0 Å². The van der Waals surface area contributed by atoms with Crippen LogP contribution in [0, 0.1) is 4.64 Å². The van der Waals surface area contributed by atoms with Gasteiger partial charge in [-0.15, -0.1) is 0 Å². The van der Waals surface area contributed by atoms with E-state index < -0.39 is 0 Å². The van der Waals surface area contributed by atoms with E-state index in [9.17, 15) is 5.11 Å². The number of likely N-dealkylation sites (tertiary alicyclic amines) is 1. The Morgan fingerprint density at radius 3 is 2.61 bits per heavy atom. The standard InChI is InChI=1S/C25H34N6OS/c1-25(2,3)29-23-22-19(8-12-31(13-14-32)24(22)33)16-21(28-23)27-20-15-18(7-9-26-20)17-30-10-5-4-6-11-30/h7-9,12,15-16,32H,4-6,10-11,13-14,17H2,1-3H3,(H2,26,27,28,29). The van der Waals surface area contributed by atoms with Gasteiger partial charge in [0.2, 0.25) is 0 Å². The van der Waals surface area contributed by atoms with Crippen LogP contribution in [0.25, 0.3) is 10.8 Å². The van der Waals surface area contributed by atoms with E-state index in [0.29, 0.717) is 17.0 Å². The van der Waals surface area contributed by atoms with Gasteiger partial charge in [0.15, 0.2) is 0 Å². The van der Waals surface area contributed by atoms with Crippen LogP contribution >= 0.6 is 12.2 Å². The number of rotatable bonds is 7. The predicted octanol–water partition coefficient (Wildman–Crippen LogP) is 5.09. The van der Waals surface area contributed by atoms with E-state index in [1.807, 2.05) is 29.1 Å². The Hall–Kier alpha value is -2.55. The van der Waals surface area contributed by atoms with Gasteiger partial charge in [0, 0.05) is 31.0 Å². The number of fused-ring (bicyclic) bond motifs is 1. The van der Waals surface area contributed by atoms with Crippen LogP contribution in [0.1, 0.15) is 45.6 Å². The summed E-state index contributed by atoms with van der Waals surface area (Å²) in [6, 6.07) is 8.21. The molecule has 3 N–H and O–H groups in total.